The molecule has 2 aromatic rings. The highest BCUT2D eigenvalue weighted by Gasteiger charge is 2.05. The van der Waals surface area contributed by atoms with Crippen LogP contribution in [0.2, 0.25) is 0 Å². The Balaban J connectivity index is 1.88. The zero-order valence-corrected chi connectivity index (χ0v) is 12.9. The zero-order valence-electron chi connectivity index (χ0n) is 12.9. The maximum Gasteiger partial charge on any atom is 0.121 e. The van der Waals surface area contributed by atoms with Gasteiger partial charge in [0.1, 0.15) is 11.5 Å². The number of hydrogen-bond donors (Lipinski definition) is 2. The first-order valence-electron chi connectivity index (χ1n) is 7.27. The number of phenolic OH excluding ortho intramolecular Hbond substituents is 1. The van der Waals surface area contributed by atoms with Crippen molar-refractivity contribution in [2.45, 2.75) is 32.7 Å². The van der Waals surface area contributed by atoms with Crippen molar-refractivity contribution >= 4 is 5.69 Å². The van der Waals surface area contributed by atoms with Crippen LogP contribution < -0.4 is 10.1 Å². The SMILES string of the molecule is COc1ccc(NC(C)CCc2ccc(O)cc2)cc1C. The topological polar surface area (TPSA) is 41.5 Å². The van der Waals surface area contributed by atoms with E-state index in [2.05, 4.69) is 18.3 Å². The molecule has 0 aliphatic rings. The van der Waals surface area contributed by atoms with Crippen LogP contribution in [0.4, 0.5) is 5.69 Å². The molecule has 0 radical (unpaired) electrons. The van der Waals surface area contributed by atoms with Gasteiger partial charge in [0.25, 0.3) is 0 Å². The van der Waals surface area contributed by atoms with E-state index in [0.717, 1.165) is 29.8 Å². The summed E-state index contributed by atoms with van der Waals surface area (Å²) in [5.41, 5.74) is 3.49. The Morgan fingerprint density at radius 3 is 2.48 bits per heavy atom. The van der Waals surface area contributed by atoms with Crippen LogP contribution in [0.1, 0.15) is 24.5 Å². The number of ether oxygens (including phenoxy) is 1. The van der Waals surface area contributed by atoms with E-state index in [4.69, 9.17) is 4.74 Å². The van der Waals surface area contributed by atoms with Crippen LogP contribution in [0.25, 0.3) is 0 Å². The maximum absolute atomic E-state index is 9.28. The third kappa shape index (κ3) is 4.42. The number of aryl methyl sites for hydroxylation is 2. The average molecular weight is 285 g/mol. The molecule has 2 N–H and O–H groups in total. The number of aromatic hydroxyl groups is 1. The molecule has 21 heavy (non-hydrogen) atoms. The van der Waals surface area contributed by atoms with Crippen LogP contribution in [0.5, 0.6) is 11.5 Å². The molecule has 2 rings (SSSR count). The van der Waals surface area contributed by atoms with Gasteiger partial charge in [0.15, 0.2) is 0 Å². The van der Waals surface area contributed by atoms with E-state index < -0.39 is 0 Å². The molecule has 3 nitrogen and oxygen atoms in total. The summed E-state index contributed by atoms with van der Waals surface area (Å²) >= 11 is 0. The molecule has 1 unspecified atom stereocenters. The fourth-order valence-corrected chi connectivity index (χ4v) is 2.37. The van der Waals surface area contributed by atoms with Crippen molar-refractivity contribution in [1.82, 2.24) is 0 Å². The van der Waals surface area contributed by atoms with E-state index in [-0.39, 0.29) is 0 Å². The Bertz CT molecular complexity index is 578. The first-order valence-corrected chi connectivity index (χ1v) is 7.27. The second-order valence-electron chi connectivity index (χ2n) is 5.43. The van der Waals surface area contributed by atoms with Crippen molar-refractivity contribution in [3.05, 3.63) is 53.6 Å². The van der Waals surface area contributed by atoms with Crippen molar-refractivity contribution in [2.75, 3.05) is 12.4 Å². The summed E-state index contributed by atoms with van der Waals surface area (Å²) < 4.78 is 5.27. The zero-order chi connectivity index (χ0) is 15.2. The van der Waals surface area contributed by atoms with Gasteiger partial charge in [-0.25, -0.2) is 0 Å². The molecule has 3 heteroatoms. The third-order valence-electron chi connectivity index (χ3n) is 3.61. The van der Waals surface area contributed by atoms with E-state index in [1.54, 1.807) is 19.2 Å². The van der Waals surface area contributed by atoms with Crippen LogP contribution in [0, 0.1) is 6.92 Å². The molecule has 0 fully saturated rings. The van der Waals surface area contributed by atoms with Crippen LogP contribution in [-0.4, -0.2) is 18.3 Å². The van der Waals surface area contributed by atoms with Crippen molar-refractivity contribution in [2.24, 2.45) is 0 Å². The quantitative estimate of drug-likeness (QED) is 0.838. The summed E-state index contributed by atoms with van der Waals surface area (Å²) in [6.45, 7) is 4.23. The summed E-state index contributed by atoms with van der Waals surface area (Å²) in [5, 5.41) is 12.8. The molecule has 0 aromatic heterocycles. The number of rotatable bonds is 6. The standard InChI is InChI=1S/C18H23NO2/c1-13-12-16(8-11-18(13)21-3)19-14(2)4-5-15-6-9-17(20)10-7-15/h6-12,14,19-20H,4-5H2,1-3H3. The van der Waals surface area contributed by atoms with Gasteiger partial charge < -0.3 is 15.2 Å². The van der Waals surface area contributed by atoms with Crippen LogP contribution in [0.15, 0.2) is 42.5 Å². The molecule has 0 aliphatic heterocycles. The molecule has 1 atom stereocenters. The smallest absolute Gasteiger partial charge is 0.121 e. The van der Waals surface area contributed by atoms with Gasteiger partial charge in [0.2, 0.25) is 0 Å². The predicted octanol–water partition coefficient (Wildman–Crippen LogP) is 4.14. The van der Waals surface area contributed by atoms with Gasteiger partial charge in [0.05, 0.1) is 7.11 Å². The van der Waals surface area contributed by atoms with Gasteiger partial charge >= 0.3 is 0 Å². The summed E-state index contributed by atoms with van der Waals surface area (Å²) in [6, 6.07) is 13.9. The highest BCUT2D eigenvalue weighted by Crippen LogP contribution is 2.22. The van der Waals surface area contributed by atoms with Crippen molar-refractivity contribution in [3.8, 4) is 11.5 Å². The summed E-state index contributed by atoms with van der Waals surface area (Å²) in [6.07, 6.45) is 2.03. The molecule has 2 aromatic carbocycles. The van der Waals surface area contributed by atoms with E-state index in [1.165, 1.54) is 5.56 Å². The number of phenols is 1. The third-order valence-corrected chi connectivity index (χ3v) is 3.61. The lowest BCUT2D eigenvalue weighted by molar-refractivity contribution is 0.412. The highest BCUT2D eigenvalue weighted by molar-refractivity contribution is 5.51. The van der Waals surface area contributed by atoms with Crippen molar-refractivity contribution in [3.63, 3.8) is 0 Å². The Kier molecular flexibility index (Phi) is 5.09. The molecule has 0 saturated heterocycles. The molecule has 0 amide bonds. The molecule has 0 bridgehead atoms. The second-order valence-corrected chi connectivity index (χ2v) is 5.43. The normalized spacial score (nSPS) is 12.0. The van der Waals surface area contributed by atoms with Crippen molar-refractivity contribution < 1.29 is 9.84 Å². The second kappa shape index (κ2) is 7.02. The van der Waals surface area contributed by atoms with Crippen LogP contribution in [-0.2, 0) is 6.42 Å². The molecule has 0 spiro atoms. The largest absolute Gasteiger partial charge is 0.508 e. The number of hydrogen-bond acceptors (Lipinski definition) is 3. The number of benzene rings is 2. The first-order chi connectivity index (χ1) is 10.1. The van der Waals surface area contributed by atoms with Gasteiger partial charge in [-0.3, -0.25) is 0 Å². The van der Waals surface area contributed by atoms with Crippen LogP contribution in [0.3, 0.4) is 0 Å². The van der Waals surface area contributed by atoms with Crippen molar-refractivity contribution in [1.29, 1.82) is 0 Å². The number of methoxy groups -OCH3 is 1. The Morgan fingerprint density at radius 1 is 1.14 bits per heavy atom. The van der Waals surface area contributed by atoms with Gasteiger partial charge in [-0.05, 0) is 68.1 Å². The number of nitrogens with one attached hydrogen (secondary N) is 1. The first kappa shape index (κ1) is 15.2. The Labute approximate surface area is 126 Å². The molecule has 112 valence electrons. The van der Waals surface area contributed by atoms with E-state index in [9.17, 15) is 5.11 Å². The maximum atomic E-state index is 9.28. The summed E-state index contributed by atoms with van der Waals surface area (Å²) in [4.78, 5) is 0. The average Bonchev–Trinajstić information content (AvgIpc) is 2.47. The Morgan fingerprint density at radius 2 is 1.86 bits per heavy atom. The molecule has 0 heterocycles. The summed E-state index contributed by atoms with van der Waals surface area (Å²) in [7, 11) is 1.69. The minimum absolute atomic E-state index is 0.318. The molecule has 0 aliphatic carbocycles. The van der Waals surface area contributed by atoms with Gasteiger partial charge in [0, 0.05) is 11.7 Å². The monoisotopic (exact) mass is 285 g/mol. The highest BCUT2D eigenvalue weighted by atomic mass is 16.5. The van der Waals surface area contributed by atoms with Gasteiger partial charge in [-0.2, -0.15) is 0 Å². The fraction of sp³-hybridized carbons (Fsp3) is 0.333. The minimum Gasteiger partial charge on any atom is -0.508 e. The predicted molar refractivity (Wildman–Crippen MR) is 87.2 cm³/mol. The Hall–Kier alpha value is -2.16. The number of anilines is 1. The molecule has 0 saturated carbocycles. The minimum atomic E-state index is 0.318. The van der Waals surface area contributed by atoms with E-state index in [0.29, 0.717) is 11.8 Å². The van der Waals surface area contributed by atoms with Gasteiger partial charge in [-0.15, -0.1) is 0 Å². The van der Waals surface area contributed by atoms with E-state index in [1.807, 2.05) is 31.2 Å². The van der Waals surface area contributed by atoms with Crippen LogP contribution >= 0.6 is 0 Å². The molecular formula is C18H23NO2. The van der Waals surface area contributed by atoms with Gasteiger partial charge in [-0.1, -0.05) is 12.1 Å². The lowest BCUT2D eigenvalue weighted by Gasteiger charge is -2.16. The molecular weight excluding hydrogens is 262 g/mol. The summed E-state index contributed by atoms with van der Waals surface area (Å²) in [5.74, 6) is 1.23. The fourth-order valence-electron chi connectivity index (χ4n) is 2.37. The van der Waals surface area contributed by atoms with E-state index >= 15 is 0 Å². The lowest BCUT2D eigenvalue weighted by atomic mass is 10.1. The lowest BCUT2D eigenvalue weighted by Crippen LogP contribution is -2.16.